The molecule has 0 aliphatic rings. The number of hydrogen-bond acceptors (Lipinski definition) is 7. The fraction of sp³-hybridized carbons (Fsp3) is 0.250. The summed E-state index contributed by atoms with van der Waals surface area (Å²) < 4.78 is 4.88. The van der Waals surface area contributed by atoms with Crippen molar-refractivity contribution in [3.63, 3.8) is 0 Å². The van der Waals surface area contributed by atoms with Crippen LogP contribution in [0, 0.1) is 6.92 Å². The first-order valence-corrected chi connectivity index (χ1v) is 5.19. The fourth-order valence-corrected chi connectivity index (χ4v) is 1.67. The summed E-state index contributed by atoms with van der Waals surface area (Å²) in [6.45, 7) is 2.05. The van der Waals surface area contributed by atoms with Crippen molar-refractivity contribution in [1.82, 2.24) is 15.1 Å². The van der Waals surface area contributed by atoms with Gasteiger partial charge in [0.1, 0.15) is 4.88 Å². The van der Waals surface area contributed by atoms with E-state index in [1.165, 1.54) is 6.20 Å². The number of aromatic nitrogens is 3. The molecule has 0 saturated heterocycles. The van der Waals surface area contributed by atoms with Crippen molar-refractivity contribution < 1.29 is 14.4 Å². The van der Waals surface area contributed by atoms with Crippen LogP contribution < -0.4 is 5.32 Å². The number of carbonyl (C=O) groups is 1. The smallest absolute Gasteiger partial charge is 0.347 e. The molecule has 0 aliphatic heterocycles. The molecule has 2 rings (SSSR count). The normalized spacial score (nSPS) is 10.3. The number of nitrogens with zero attached hydrogens (tertiary/aromatic N) is 3. The first-order chi connectivity index (χ1) is 7.65. The molecule has 8 heteroatoms. The number of carboxylic acids is 1. The maximum Gasteiger partial charge on any atom is 0.347 e. The molecule has 0 amide bonds. The minimum Gasteiger partial charge on any atom is -0.477 e. The molecule has 2 aromatic rings. The van der Waals surface area contributed by atoms with E-state index in [-0.39, 0.29) is 4.88 Å². The van der Waals surface area contributed by atoms with Crippen LogP contribution in [-0.2, 0) is 6.54 Å². The van der Waals surface area contributed by atoms with Crippen LogP contribution in [0.15, 0.2) is 10.7 Å². The van der Waals surface area contributed by atoms with Crippen molar-refractivity contribution in [2.75, 3.05) is 5.32 Å². The van der Waals surface area contributed by atoms with Crippen molar-refractivity contribution in [3.8, 4) is 0 Å². The van der Waals surface area contributed by atoms with Gasteiger partial charge in [-0.1, -0.05) is 16.5 Å². The van der Waals surface area contributed by atoms with Gasteiger partial charge in [-0.2, -0.15) is 4.98 Å². The molecule has 0 fully saturated rings. The van der Waals surface area contributed by atoms with E-state index in [1.807, 2.05) is 0 Å². The Kier molecular flexibility index (Phi) is 2.82. The van der Waals surface area contributed by atoms with E-state index in [0.29, 0.717) is 23.4 Å². The highest BCUT2D eigenvalue weighted by Crippen LogP contribution is 2.18. The number of hydrogen-bond donors (Lipinski definition) is 2. The maximum atomic E-state index is 10.6. The van der Waals surface area contributed by atoms with Gasteiger partial charge < -0.3 is 14.9 Å². The first kappa shape index (κ1) is 10.6. The van der Waals surface area contributed by atoms with Gasteiger partial charge in [0.05, 0.1) is 12.7 Å². The molecule has 84 valence electrons. The molecule has 2 aromatic heterocycles. The highest BCUT2D eigenvalue weighted by atomic mass is 32.1. The Labute approximate surface area is 94.1 Å². The van der Waals surface area contributed by atoms with Crippen LogP contribution in [0.25, 0.3) is 0 Å². The SMILES string of the molecule is Cc1noc(CNc2ncc(C(=O)O)s2)n1. The number of thiazole rings is 1. The lowest BCUT2D eigenvalue weighted by atomic mass is 10.6. The summed E-state index contributed by atoms with van der Waals surface area (Å²) in [4.78, 5) is 18.7. The predicted octanol–water partition coefficient (Wildman–Crippen LogP) is 1.14. The van der Waals surface area contributed by atoms with Gasteiger partial charge >= 0.3 is 5.97 Å². The maximum absolute atomic E-state index is 10.6. The Hall–Kier alpha value is -1.96. The van der Waals surface area contributed by atoms with E-state index < -0.39 is 5.97 Å². The van der Waals surface area contributed by atoms with Crippen LogP contribution in [-0.4, -0.2) is 26.2 Å². The molecule has 7 nitrogen and oxygen atoms in total. The lowest BCUT2D eigenvalue weighted by Crippen LogP contribution is -1.98. The fourth-order valence-electron chi connectivity index (χ4n) is 1.02. The van der Waals surface area contributed by atoms with Crippen LogP contribution in [0.5, 0.6) is 0 Å². The average Bonchev–Trinajstić information content (AvgIpc) is 2.83. The molecule has 0 spiro atoms. The van der Waals surface area contributed by atoms with Crippen LogP contribution in [0.1, 0.15) is 21.4 Å². The number of aryl methyl sites for hydroxylation is 1. The summed E-state index contributed by atoms with van der Waals surface area (Å²) in [6, 6.07) is 0. The second-order valence-electron chi connectivity index (χ2n) is 2.92. The van der Waals surface area contributed by atoms with E-state index in [2.05, 4.69) is 20.4 Å². The van der Waals surface area contributed by atoms with Gasteiger partial charge in [0, 0.05) is 0 Å². The monoisotopic (exact) mass is 240 g/mol. The molecule has 0 atom stereocenters. The Balaban J connectivity index is 1.97. The summed E-state index contributed by atoms with van der Waals surface area (Å²) in [5.41, 5.74) is 0. The molecule has 0 saturated carbocycles. The zero-order valence-electron chi connectivity index (χ0n) is 8.30. The predicted molar refractivity (Wildman–Crippen MR) is 55.4 cm³/mol. The van der Waals surface area contributed by atoms with E-state index in [1.54, 1.807) is 6.92 Å². The molecule has 0 aromatic carbocycles. The Bertz CT molecular complexity index is 507. The van der Waals surface area contributed by atoms with Crippen molar-refractivity contribution in [1.29, 1.82) is 0 Å². The van der Waals surface area contributed by atoms with Gasteiger partial charge in [-0.3, -0.25) is 0 Å². The first-order valence-electron chi connectivity index (χ1n) is 4.37. The highest BCUT2D eigenvalue weighted by Gasteiger charge is 2.09. The number of carboxylic acid groups (broad SMARTS) is 1. The molecule has 2 N–H and O–H groups in total. The topological polar surface area (TPSA) is 101 Å². The van der Waals surface area contributed by atoms with Crippen molar-refractivity contribution in [2.45, 2.75) is 13.5 Å². The second-order valence-corrected chi connectivity index (χ2v) is 3.95. The number of aromatic carboxylic acids is 1. The van der Waals surface area contributed by atoms with E-state index in [9.17, 15) is 4.79 Å². The minimum atomic E-state index is -0.987. The number of rotatable bonds is 4. The van der Waals surface area contributed by atoms with E-state index >= 15 is 0 Å². The number of anilines is 1. The largest absolute Gasteiger partial charge is 0.477 e. The van der Waals surface area contributed by atoms with Gasteiger partial charge in [0.15, 0.2) is 11.0 Å². The van der Waals surface area contributed by atoms with Crippen molar-refractivity contribution >= 4 is 22.4 Å². The van der Waals surface area contributed by atoms with E-state index in [0.717, 1.165) is 11.3 Å². The van der Waals surface area contributed by atoms with Crippen molar-refractivity contribution in [3.05, 3.63) is 22.8 Å². The summed E-state index contributed by atoms with van der Waals surface area (Å²) in [6.07, 6.45) is 1.30. The molecule has 0 bridgehead atoms. The van der Waals surface area contributed by atoms with Crippen LogP contribution in [0.3, 0.4) is 0 Å². The molecular weight excluding hydrogens is 232 g/mol. The van der Waals surface area contributed by atoms with Gasteiger partial charge in [-0.05, 0) is 6.92 Å². The van der Waals surface area contributed by atoms with Crippen molar-refractivity contribution in [2.24, 2.45) is 0 Å². The Morgan fingerprint density at radius 2 is 2.50 bits per heavy atom. The summed E-state index contributed by atoms with van der Waals surface area (Å²) in [5.74, 6) is 0.00548. The number of nitrogens with one attached hydrogen (secondary N) is 1. The lowest BCUT2D eigenvalue weighted by molar-refractivity contribution is 0.0702. The minimum absolute atomic E-state index is 0.184. The van der Waals surface area contributed by atoms with Gasteiger partial charge in [0.2, 0.25) is 5.89 Å². The standard InChI is InChI=1S/C8H8N4O3S/c1-4-11-6(15-12-4)3-10-8-9-2-5(16-8)7(13)14/h2H,3H2,1H3,(H,9,10)(H,13,14). The third kappa shape index (κ3) is 2.34. The molecule has 2 heterocycles. The Morgan fingerprint density at radius 1 is 1.69 bits per heavy atom. The van der Waals surface area contributed by atoms with Crippen LogP contribution in [0.4, 0.5) is 5.13 Å². The van der Waals surface area contributed by atoms with Gasteiger partial charge in [0.25, 0.3) is 0 Å². The molecule has 16 heavy (non-hydrogen) atoms. The zero-order chi connectivity index (χ0) is 11.5. The summed E-state index contributed by atoms with van der Waals surface area (Å²) in [5, 5.41) is 15.7. The summed E-state index contributed by atoms with van der Waals surface area (Å²) >= 11 is 1.06. The lowest BCUT2D eigenvalue weighted by Gasteiger charge is -1.95. The Morgan fingerprint density at radius 3 is 3.06 bits per heavy atom. The van der Waals surface area contributed by atoms with Gasteiger partial charge in [-0.25, -0.2) is 9.78 Å². The van der Waals surface area contributed by atoms with Gasteiger partial charge in [-0.15, -0.1) is 0 Å². The average molecular weight is 240 g/mol. The van der Waals surface area contributed by atoms with Crippen LogP contribution >= 0.6 is 11.3 Å². The third-order valence-electron chi connectivity index (χ3n) is 1.68. The molecular formula is C8H8N4O3S. The van der Waals surface area contributed by atoms with Crippen LogP contribution in [0.2, 0.25) is 0 Å². The molecule has 0 radical (unpaired) electrons. The zero-order valence-corrected chi connectivity index (χ0v) is 9.11. The molecule has 0 unspecified atom stereocenters. The van der Waals surface area contributed by atoms with E-state index in [4.69, 9.17) is 9.63 Å². The quantitative estimate of drug-likeness (QED) is 0.826. The highest BCUT2D eigenvalue weighted by molar-refractivity contribution is 7.17. The molecule has 0 aliphatic carbocycles. The second kappa shape index (κ2) is 4.27. The summed E-state index contributed by atoms with van der Waals surface area (Å²) in [7, 11) is 0. The third-order valence-corrected chi connectivity index (χ3v) is 2.62.